The van der Waals surface area contributed by atoms with Gasteiger partial charge in [-0.05, 0) is 55.2 Å². The van der Waals surface area contributed by atoms with Crippen molar-refractivity contribution in [2.45, 2.75) is 45.6 Å². The largest absolute Gasteiger partial charge is 0.349 e. The van der Waals surface area contributed by atoms with Crippen LogP contribution in [0.5, 0.6) is 0 Å². The number of hydrogen-bond acceptors (Lipinski definition) is 2. The Labute approximate surface area is 146 Å². The van der Waals surface area contributed by atoms with E-state index in [1.165, 1.54) is 24.0 Å². The highest BCUT2D eigenvalue weighted by atomic mass is 35.5. The van der Waals surface area contributed by atoms with Gasteiger partial charge in [-0.15, -0.1) is 12.4 Å². The van der Waals surface area contributed by atoms with Crippen molar-refractivity contribution in [3.05, 3.63) is 35.4 Å². The molecule has 0 aromatic heterocycles. The molecule has 1 heterocycles. The zero-order valence-corrected chi connectivity index (χ0v) is 15.0. The van der Waals surface area contributed by atoms with Crippen LogP contribution in [-0.4, -0.2) is 19.0 Å². The van der Waals surface area contributed by atoms with Crippen LogP contribution in [0.4, 0.5) is 0 Å². The Morgan fingerprint density at radius 2 is 1.91 bits per heavy atom. The maximum atomic E-state index is 12.4. The average Bonchev–Trinajstić information content (AvgIpc) is 3.18. The first-order chi connectivity index (χ1) is 10.6. The van der Waals surface area contributed by atoms with E-state index in [9.17, 15) is 4.79 Å². The second kappa shape index (κ2) is 8.16. The van der Waals surface area contributed by atoms with Crippen molar-refractivity contribution in [3.8, 4) is 0 Å². The van der Waals surface area contributed by atoms with E-state index in [1.807, 2.05) is 0 Å². The van der Waals surface area contributed by atoms with Crippen molar-refractivity contribution >= 4 is 18.3 Å². The van der Waals surface area contributed by atoms with Gasteiger partial charge in [0.2, 0.25) is 5.91 Å². The predicted octanol–water partition coefficient (Wildman–Crippen LogP) is 3.48. The molecular weight excluding hydrogens is 308 g/mol. The molecule has 1 aliphatic heterocycles. The van der Waals surface area contributed by atoms with Crippen molar-refractivity contribution in [1.82, 2.24) is 10.6 Å². The van der Waals surface area contributed by atoms with Crippen LogP contribution in [0.2, 0.25) is 0 Å². The summed E-state index contributed by atoms with van der Waals surface area (Å²) in [6.07, 6.45) is 4.56. The molecule has 1 aromatic rings. The summed E-state index contributed by atoms with van der Waals surface area (Å²) in [5.41, 5.74) is 2.66. The maximum absolute atomic E-state index is 12.4. The van der Waals surface area contributed by atoms with Crippen LogP contribution < -0.4 is 10.6 Å². The summed E-state index contributed by atoms with van der Waals surface area (Å²) in [7, 11) is 0. The first-order valence-electron chi connectivity index (χ1n) is 8.73. The summed E-state index contributed by atoms with van der Waals surface area (Å²) >= 11 is 0. The van der Waals surface area contributed by atoms with Crippen LogP contribution in [0.3, 0.4) is 0 Å². The summed E-state index contributed by atoms with van der Waals surface area (Å²) in [5, 5.41) is 6.59. The number of nitrogens with one attached hydrogen (secondary N) is 2. The molecule has 1 amide bonds. The minimum atomic E-state index is 0. The van der Waals surface area contributed by atoms with E-state index >= 15 is 0 Å². The van der Waals surface area contributed by atoms with E-state index in [-0.39, 0.29) is 30.3 Å². The molecule has 0 spiro atoms. The Balaban J connectivity index is 0.00000192. The molecule has 4 heteroatoms. The molecule has 0 radical (unpaired) electrons. The number of amides is 1. The Hall–Kier alpha value is -1.06. The summed E-state index contributed by atoms with van der Waals surface area (Å²) in [4.78, 5) is 12.4. The topological polar surface area (TPSA) is 41.1 Å². The van der Waals surface area contributed by atoms with E-state index in [2.05, 4.69) is 48.7 Å². The zero-order chi connectivity index (χ0) is 15.5. The number of benzene rings is 1. The fourth-order valence-corrected chi connectivity index (χ4v) is 3.38. The van der Waals surface area contributed by atoms with Crippen molar-refractivity contribution in [2.24, 2.45) is 17.8 Å². The van der Waals surface area contributed by atoms with E-state index in [1.54, 1.807) is 0 Å². The predicted molar refractivity (Wildman–Crippen MR) is 96.8 cm³/mol. The van der Waals surface area contributed by atoms with Crippen molar-refractivity contribution < 1.29 is 4.79 Å². The van der Waals surface area contributed by atoms with Gasteiger partial charge >= 0.3 is 0 Å². The second-order valence-electron chi connectivity index (χ2n) is 7.35. The third-order valence-corrected chi connectivity index (χ3v) is 4.81. The number of hydrogen-bond donors (Lipinski definition) is 2. The quantitative estimate of drug-likeness (QED) is 0.835. The first kappa shape index (κ1) is 18.3. The van der Waals surface area contributed by atoms with Gasteiger partial charge in [-0.1, -0.05) is 38.1 Å². The van der Waals surface area contributed by atoms with Gasteiger partial charge < -0.3 is 10.6 Å². The summed E-state index contributed by atoms with van der Waals surface area (Å²) in [5.74, 6) is 1.70. The maximum Gasteiger partial charge on any atom is 0.224 e. The van der Waals surface area contributed by atoms with Gasteiger partial charge in [-0.25, -0.2) is 0 Å². The summed E-state index contributed by atoms with van der Waals surface area (Å²) in [6.45, 7) is 6.29. The molecule has 1 saturated carbocycles. The van der Waals surface area contributed by atoms with Crippen LogP contribution in [-0.2, 0) is 11.2 Å². The SMILES string of the molecule is CC(C)Cc1ccc(C(NC(=O)C2CCNC2)C2CC2)cc1.Cl. The molecule has 2 aliphatic rings. The van der Waals surface area contributed by atoms with Crippen LogP contribution in [0.15, 0.2) is 24.3 Å². The lowest BCUT2D eigenvalue weighted by Crippen LogP contribution is -2.35. The van der Waals surface area contributed by atoms with Crippen molar-refractivity contribution in [3.63, 3.8) is 0 Å². The molecule has 2 N–H and O–H groups in total. The van der Waals surface area contributed by atoms with Gasteiger partial charge in [0.15, 0.2) is 0 Å². The highest BCUT2D eigenvalue weighted by molar-refractivity contribution is 5.85. The van der Waals surface area contributed by atoms with Crippen LogP contribution in [0, 0.1) is 17.8 Å². The normalized spacial score (nSPS) is 21.8. The number of carbonyl (C=O) groups is 1. The molecule has 128 valence electrons. The molecular formula is C19H29ClN2O. The fourth-order valence-electron chi connectivity index (χ4n) is 3.38. The minimum absolute atomic E-state index is 0. The van der Waals surface area contributed by atoms with Crippen LogP contribution in [0.25, 0.3) is 0 Å². The van der Waals surface area contributed by atoms with Gasteiger partial charge in [-0.2, -0.15) is 0 Å². The lowest BCUT2D eigenvalue weighted by Gasteiger charge is -2.21. The second-order valence-corrected chi connectivity index (χ2v) is 7.35. The lowest BCUT2D eigenvalue weighted by molar-refractivity contribution is -0.125. The lowest BCUT2D eigenvalue weighted by atomic mass is 9.96. The van der Waals surface area contributed by atoms with Gasteiger partial charge in [0, 0.05) is 6.54 Å². The number of carbonyl (C=O) groups excluding carboxylic acids is 1. The first-order valence-corrected chi connectivity index (χ1v) is 8.73. The van der Waals surface area contributed by atoms with E-state index in [4.69, 9.17) is 0 Å². The average molecular weight is 337 g/mol. The standard InChI is InChI=1S/C19H28N2O.ClH/c1-13(2)11-14-3-5-15(6-4-14)18(16-7-8-16)21-19(22)17-9-10-20-12-17;/h3-6,13,16-18,20H,7-12H2,1-2H3,(H,21,22);1H. The highest BCUT2D eigenvalue weighted by Crippen LogP contribution is 2.41. The van der Waals surface area contributed by atoms with Crippen molar-refractivity contribution in [1.29, 1.82) is 0 Å². The van der Waals surface area contributed by atoms with E-state index in [0.717, 1.165) is 25.9 Å². The molecule has 2 atom stereocenters. The van der Waals surface area contributed by atoms with E-state index in [0.29, 0.717) is 11.8 Å². The number of rotatable bonds is 6. The third kappa shape index (κ3) is 4.95. The fraction of sp³-hybridized carbons (Fsp3) is 0.632. The van der Waals surface area contributed by atoms with Crippen molar-refractivity contribution in [2.75, 3.05) is 13.1 Å². The van der Waals surface area contributed by atoms with Crippen LogP contribution in [0.1, 0.15) is 50.3 Å². The molecule has 2 unspecified atom stereocenters. The minimum Gasteiger partial charge on any atom is -0.349 e. The Morgan fingerprint density at radius 1 is 1.22 bits per heavy atom. The molecule has 0 bridgehead atoms. The van der Waals surface area contributed by atoms with Gasteiger partial charge in [-0.3, -0.25) is 4.79 Å². The van der Waals surface area contributed by atoms with Gasteiger partial charge in [0.25, 0.3) is 0 Å². The molecule has 3 rings (SSSR count). The Morgan fingerprint density at radius 3 is 2.43 bits per heavy atom. The molecule has 23 heavy (non-hydrogen) atoms. The molecule has 1 saturated heterocycles. The highest BCUT2D eigenvalue weighted by Gasteiger charge is 2.35. The Bertz CT molecular complexity index is 505. The summed E-state index contributed by atoms with van der Waals surface area (Å²) in [6, 6.07) is 9.10. The molecule has 1 aromatic carbocycles. The number of halogens is 1. The molecule has 1 aliphatic carbocycles. The monoisotopic (exact) mass is 336 g/mol. The zero-order valence-electron chi connectivity index (χ0n) is 14.2. The molecule has 2 fully saturated rings. The molecule has 3 nitrogen and oxygen atoms in total. The smallest absolute Gasteiger partial charge is 0.224 e. The third-order valence-electron chi connectivity index (χ3n) is 4.81. The Kier molecular flexibility index (Phi) is 6.49. The van der Waals surface area contributed by atoms with Gasteiger partial charge in [0.05, 0.1) is 12.0 Å². The van der Waals surface area contributed by atoms with Gasteiger partial charge in [0.1, 0.15) is 0 Å². The van der Waals surface area contributed by atoms with Crippen LogP contribution >= 0.6 is 12.4 Å². The van der Waals surface area contributed by atoms with E-state index < -0.39 is 0 Å². The summed E-state index contributed by atoms with van der Waals surface area (Å²) < 4.78 is 0.